The molecule has 0 saturated carbocycles. The third kappa shape index (κ3) is 3.12. The first-order valence-corrected chi connectivity index (χ1v) is 9.37. The maximum Gasteiger partial charge on any atom is 0.204 e. The molecule has 1 atom stereocenters. The Bertz CT molecular complexity index is 934. The number of benzene rings is 2. The second kappa shape index (κ2) is 7.53. The molecule has 1 aromatic heterocycles. The fourth-order valence-electron chi connectivity index (χ4n) is 4.14. The minimum absolute atomic E-state index is 0.294. The number of ether oxygens (including phenoxy) is 3. The fourth-order valence-corrected chi connectivity index (χ4v) is 4.14. The Morgan fingerprint density at radius 2 is 1.81 bits per heavy atom. The first-order valence-electron chi connectivity index (χ1n) is 9.37. The molecule has 0 bridgehead atoms. The van der Waals surface area contributed by atoms with Gasteiger partial charge in [-0.3, -0.25) is 0 Å². The van der Waals surface area contributed by atoms with Gasteiger partial charge in [-0.15, -0.1) is 0 Å². The SMILES string of the molecule is COc1cc2[nH]c3c(c2c(OC)c1OC)CCCC3NCc1ccccc1. The highest BCUT2D eigenvalue weighted by Crippen LogP contribution is 2.47. The summed E-state index contributed by atoms with van der Waals surface area (Å²) in [5, 5.41) is 4.82. The Labute approximate surface area is 159 Å². The maximum absolute atomic E-state index is 5.74. The van der Waals surface area contributed by atoms with E-state index < -0.39 is 0 Å². The van der Waals surface area contributed by atoms with Crippen molar-refractivity contribution in [2.75, 3.05) is 21.3 Å². The molecule has 1 aliphatic carbocycles. The van der Waals surface area contributed by atoms with E-state index in [1.807, 2.05) is 12.1 Å². The van der Waals surface area contributed by atoms with Gasteiger partial charge in [0, 0.05) is 29.7 Å². The van der Waals surface area contributed by atoms with Crippen molar-refractivity contribution < 1.29 is 14.2 Å². The second-order valence-electron chi connectivity index (χ2n) is 6.90. The van der Waals surface area contributed by atoms with Crippen molar-refractivity contribution in [3.63, 3.8) is 0 Å². The predicted octanol–water partition coefficient (Wildman–Crippen LogP) is 4.36. The Kier molecular flexibility index (Phi) is 4.94. The highest BCUT2D eigenvalue weighted by atomic mass is 16.5. The summed E-state index contributed by atoms with van der Waals surface area (Å²) < 4.78 is 16.8. The van der Waals surface area contributed by atoms with Crippen LogP contribution in [0, 0.1) is 0 Å². The van der Waals surface area contributed by atoms with Crippen molar-refractivity contribution in [2.24, 2.45) is 0 Å². The Morgan fingerprint density at radius 3 is 2.52 bits per heavy atom. The highest BCUT2D eigenvalue weighted by molar-refractivity contribution is 5.95. The van der Waals surface area contributed by atoms with Gasteiger partial charge in [-0.25, -0.2) is 0 Å². The first kappa shape index (κ1) is 17.7. The van der Waals surface area contributed by atoms with Crippen LogP contribution in [0.15, 0.2) is 36.4 Å². The van der Waals surface area contributed by atoms with Crippen LogP contribution in [-0.2, 0) is 13.0 Å². The van der Waals surface area contributed by atoms with Gasteiger partial charge in [0.25, 0.3) is 0 Å². The van der Waals surface area contributed by atoms with Crippen LogP contribution in [0.5, 0.6) is 17.2 Å². The molecule has 0 radical (unpaired) electrons. The first-order chi connectivity index (χ1) is 13.3. The summed E-state index contributed by atoms with van der Waals surface area (Å²) in [4.78, 5) is 3.63. The van der Waals surface area contributed by atoms with Gasteiger partial charge in [-0.2, -0.15) is 0 Å². The van der Waals surface area contributed by atoms with E-state index in [-0.39, 0.29) is 0 Å². The predicted molar refractivity (Wildman–Crippen MR) is 107 cm³/mol. The third-order valence-corrected chi connectivity index (χ3v) is 5.39. The minimum atomic E-state index is 0.294. The van der Waals surface area contributed by atoms with Crippen molar-refractivity contribution in [3.05, 3.63) is 53.2 Å². The lowest BCUT2D eigenvalue weighted by Gasteiger charge is -2.24. The summed E-state index contributed by atoms with van der Waals surface area (Å²) in [7, 11) is 4.98. The Balaban J connectivity index is 1.74. The van der Waals surface area contributed by atoms with Crippen LogP contribution in [0.25, 0.3) is 10.9 Å². The van der Waals surface area contributed by atoms with Crippen molar-refractivity contribution in [1.82, 2.24) is 10.3 Å². The number of hydrogen-bond donors (Lipinski definition) is 2. The second-order valence-corrected chi connectivity index (χ2v) is 6.90. The molecule has 1 unspecified atom stereocenters. The highest BCUT2D eigenvalue weighted by Gasteiger charge is 2.28. The lowest BCUT2D eigenvalue weighted by Crippen LogP contribution is -2.24. The van der Waals surface area contributed by atoms with Crippen LogP contribution in [0.3, 0.4) is 0 Å². The molecule has 0 fully saturated rings. The number of aryl methyl sites for hydroxylation is 1. The zero-order valence-corrected chi connectivity index (χ0v) is 16.1. The third-order valence-electron chi connectivity index (χ3n) is 5.39. The molecule has 3 aromatic rings. The molecule has 0 amide bonds. The van der Waals surface area contributed by atoms with Crippen molar-refractivity contribution in [1.29, 1.82) is 0 Å². The summed E-state index contributed by atoms with van der Waals surface area (Å²) >= 11 is 0. The van der Waals surface area contributed by atoms with Crippen LogP contribution in [-0.4, -0.2) is 26.3 Å². The Morgan fingerprint density at radius 1 is 1.04 bits per heavy atom. The lowest BCUT2D eigenvalue weighted by atomic mass is 9.91. The van der Waals surface area contributed by atoms with Crippen LogP contribution in [0.4, 0.5) is 0 Å². The molecule has 0 saturated heterocycles. The zero-order chi connectivity index (χ0) is 18.8. The standard InChI is InChI=1S/C22H26N2O3/c1-25-18-12-17-19(22(27-3)21(18)26-2)15-10-7-11-16(20(15)24-17)23-13-14-8-5-4-6-9-14/h4-6,8-9,12,16,23-24H,7,10-11,13H2,1-3H3. The number of hydrogen-bond acceptors (Lipinski definition) is 4. The van der Waals surface area contributed by atoms with E-state index in [1.54, 1.807) is 21.3 Å². The van der Waals surface area contributed by atoms with E-state index in [9.17, 15) is 0 Å². The fraction of sp³-hybridized carbons (Fsp3) is 0.364. The van der Waals surface area contributed by atoms with Gasteiger partial charge >= 0.3 is 0 Å². The molecular formula is C22H26N2O3. The van der Waals surface area contributed by atoms with Crippen LogP contribution in [0.1, 0.15) is 35.7 Å². The van der Waals surface area contributed by atoms with E-state index in [4.69, 9.17) is 14.2 Å². The number of nitrogens with one attached hydrogen (secondary N) is 2. The molecule has 1 aliphatic rings. The van der Waals surface area contributed by atoms with Gasteiger partial charge in [0.2, 0.25) is 5.75 Å². The largest absolute Gasteiger partial charge is 0.493 e. The molecule has 5 nitrogen and oxygen atoms in total. The topological polar surface area (TPSA) is 55.5 Å². The van der Waals surface area contributed by atoms with E-state index >= 15 is 0 Å². The number of fused-ring (bicyclic) bond motifs is 3. The molecule has 0 aliphatic heterocycles. The average Bonchev–Trinajstić information content (AvgIpc) is 3.10. The van der Waals surface area contributed by atoms with Crippen LogP contribution in [0.2, 0.25) is 0 Å². The number of H-pyrrole nitrogens is 1. The van der Waals surface area contributed by atoms with Gasteiger partial charge in [-0.05, 0) is 30.4 Å². The van der Waals surface area contributed by atoms with Gasteiger partial charge in [0.15, 0.2) is 11.5 Å². The smallest absolute Gasteiger partial charge is 0.204 e. The summed E-state index contributed by atoms with van der Waals surface area (Å²) in [5.41, 5.74) is 4.89. The van der Waals surface area contributed by atoms with E-state index in [2.05, 4.69) is 34.6 Å². The van der Waals surface area contributed by atoms with Crippen molar-refractivity contribution >= 4 is 10.9 Å². The summed E-state index contributed by atoms with van der Waals surface area (Å²) in [6.07, 6.45) is 3.29. The monoisotopic (exact) mass is 366 g/mol. The van der Waals surface area contributed by atoms with Crippen LogP contribution < -0.4 is 19.5 Å². The molecule has 2 aromatic carbocycles. The number of rotatable bonds is 6. The molecule has 1 heterocycles. The van der Waals surface area contributed by atoms with Gasteiger partial charge in [0.05, 0.1) is 26.8 Å². The Hall–Kier alpha value is -2.66. The van der Waals surface area contributed by atoms with E-state index in [0.29, 0.717) is 17.5 Å². The maximum atomic E-state index is 5.74. The summed E-state index contributed by atoms with van der Waals surface area (Å²) in [6, 6.07) is 12.8. The molecule has 27 heavy (non-hydrogen) atoms. The molecule has 2 N–H and O–H groups in total. The van der Waals surface area contributed by atoms with Crippen molar-refractivity contribution in [3.8, 4) is 17.2 Å². The number of methoxy groups -OCH3 is 3. The lowest BCUT2D eigenvalue weighted by molar-refractivity contribution is 0.327. The summed E-state index contributed by atoms with van der Waals surface area (Å²) in [6.45, 7) is 0.851. The van der Waals surface area contributed by atoms with Gasteiger partial charge in [-0.1, -0.05) is 30.3 Å². The van der Waals surface area contributed by atoms with Crippen LogP contribution >= 0.6 is 0 Å². The van der Waals surface area contributed by atoms with E-state index in [0.717, 1.165) is 42.5 Å². The molecule has 142 valence electrons. The summed E-state index contributed by atoms with van der Waals surface area (Å²) in [5.74, 6) is 2.07. The molecule has 4 rings (SSSR count). The molecule has 5 heteroatoms. The molecule has 0 spiro atoms. The van der Waals surface area contributed by atoms with Crippen molar-refractivity contribution in [2.45, 2.75) is 31.8 Å². The zero-order valence-electron chi connectivity index (χ0n) is 16.1. The number of aromatic nitrogens is 1. The number of aromatic amines is 1. The van der Waals surface area contributed by atoms with E-state index in [1.165, 1.54) is 16.8 Å². The average molecular weight is 366 g/mol. The normalized spacial score (nSPS) is 16.2. The van der Waals surface area contributed by atoms with Gasteiger partial charge in [0.1, 0.15) is 0 Å². The molecular weight excluding hydrogens is 340 g/mol. The quantitative estimate of drug-likeness (QED) is 0.681. The minimum Gasteiger partial charge on any atom is -0.493 e. The van der Waals surface area contributed by atoms with Gasteiger partial charge < -0.3 is 24.5 Å².